The molecule has 1 aliphatic rings. The lowest BCUT2D eigenvalue weighted by molar-refractivity contribution is -0.139. The van der Waals surface area contributed by atoms with Crippen LogP contribution in [-0.4, -0.2) is 36.2 Å². The molecular weight excluding hydrogens is 162 g/mol. The average Bonchev–Trinajstić information content (AvgIpc) is 2.51. The van der Waals surface area contributed by atoms with Crippen LogP contribution in [0.3, 0.4) is 0 Å². The van der Waals surface area contributed by atoms with E-state index in [-0.39, 0.29) is 12.5 Å². The van der Waals surface area contributed by atoms with Crippen LogP contribution in [0.15, 0.2) is 0 Å². The number of amides is 1. The van der Waals surface area contributed by atoms with Gasteiger partial charge in [-0.1, -0.05) is 0 Å². The van der Waals surface area contributed by atoms with E-state index in [1.165, 1.54) is 0 Å². The van der Waals surface area contributed by atoms with Gasteiger partial charge in [0.15, 0.2) is 0 Å². The van der Waals surface area contributed by atoms with Gasteiger partial charge in [0.05, 0.1) is 0 Å². The highest BCUT2D eigenvalue weighted by Gasteiger charge is 2.23. The van der Waals surface area contributed by atoms with Crippen LogP contribution in [0.2, 0.25) is 0 Å². The van der Waals surface area contributed by atoms with E-state index in [4.69, 9.17) is 9.84 Å². The second-order valence-electron chi connectivity index (χ2n) is 2.61. The highest BCUT2D eigenvalue weighted by molar-refractivity contribution is 5.84. The fraction of sp³-hybridized carbons (Fsp3) is 0.714. The Hall–Kier alpha value is -1.10. The van der Waals surface area contributed by atoms with E-state index in [1.54, 1.807) is 0 Å². The second-order valence-corrected chi connectivity index (χ2v) is 2.61. The molecular formula is C7H11NO4. The van der Waals surface area contributed by atoms with Crippen LogP contribution in [0, 0.1) is 0 Å². The third-order valence-electron chi connectivity index (χ3n) is 1.64. The Morgan fingerprint density at radius 3 is 2.83 bits per heavy atom. The van der Waals surface area contributed by atoms with Gasteiger partial charge in [-0.05, 0) is 12.8 Å². The van der Waals surface area contributed by atoms with Crippen LogP contribution < -0.4 is 5.32 Å². The van der Waals surface area contributed by atoms with Gasteiger partial charge in [-0.3, -0.25) is 9.59 Å². The van der Waals surface area contributed by atoms with Gasteiger partial charge in [0.25, 0.3) is 0 Å². The molecule has 1 amide bonds. The van der Waals surface area contributed by atoms with Gasteiger partial charge in [0.1, 0.15) is 12.6 Å². The summed E-state index contributed by atoms with van der Waals surface area (Å²) in [6.45, 7) is 0.254. The molecule has 0 saturated carbocycles. The molecule has 0 radical (unpaired) electrons. The fourth-order valence-electron chi connectivity index (χ4n) is 1.06. The number of carboxylic acids is 1. The van der Waals surface area contributed by atoms with Gasteiger partial charge < -0.3 is 15.2 Å². The summed E-state index contributed by atoms with van der Waals surface area (Å²) < 4.78 is 5.04. The average molecular weight is 173 g/mol. The fourth-order valence-corrected chi connectivity index (χ4v) is 1.06. The number of aliphatic carboxylic acids is 1. The van der Waals surface area contributed by atoms with Crippen LogP contribution in [0.5, 0.6) is 0 Å². The molecule has 0 unspecified atom stereocenters. The van der Waals surface area contributed by atoms with Gasteiger partial charge in [0.2, 0.25) is 5.91 Å². The minimum absolute atomic E-state index is 0.324. The molecule has 2 N–H and O–H groups in total. The SMILES string of the molecule is O=C(O)CNC(=O)[C@H]1CCCO1. The predicted molar refractivity (Wildman–Crippen MR) is 39.6 cm³/mol. The topological polar surface area (TPSA) is 75.6 Å². The second kappa shape index (κ2) is 4.06. The van der Waals surface area contributed by atoms with Crippen LogP contribution in [0.1, 0.15) is 12.8 Å². The van der Waals surface area contributed by atoms with E-state index in [2.05, 4.69) is 5.32 Å². The lowest BCUT2D eigenvalue weighted by atomic mass is 10.2. The standard InChI is InChI=1S/C7H11NO4/c9-6(10)4-8-7(11)5-2-1-3-12-5/h5H,1-4H2,(H,8,11)(H,9,10)/t5-/m1/s1. The van der Waals surface area contributed by atoms with Crippen molar-refractivity contribution in [3.8, 4) is 0 Å². The van der Waals surface area contributed by atoms with E-state index in [0.717, 1.165) is 6.42 Å². The molecule has 1 atom stereocenters. The minimum Gasteiger partial charge on any atom is -0.480 e. The van der Waals surface area contributed by atoms with Crippen molar-refractivity contribution >= 4 is 11.9 Å². The molecule has 5 heteroatoms. The van der Waals surface area contributed by atoms with Crippen molar-refractivity contribution in [2.24, 2.45) is 0 Å². The van der Waals surface area contributed by atoms with E-state index in [1.807, 2.05) is 0 Å². The molecule has 0 aromatic rings. The maximum Gasteiger partial charge on any atom is 0.322 e. The summed E-state index contributed by atoms with van der Waals surface area (Å²) in [4.78, 5) is 21.1. The third-order valence-corrected chi connectivity index (χ3v) is 1.64. The molecule has 12 heavy (non-hydrogen) atoms. The van der Waals surface area contributed by atoms with Gasteiger partial charge in [-0.15, -0.1) is 0 Å². The van der Waals surface area contributed by atoms with E-state index in [0.29, 0.717) is 13.0 Å². The van der Waals surface area contributed by atoms with Crippen LogP contribution in [-0.2, 0) is 14.3 Å². The summed E-state index contributed by atoms with van der Waals surface area (Å²) in [6, 6.07) is 0. The molecule has 0 aliphatic carbocycles. The first-order chi connectivity index (χ1) is 5.70. The Bertz CT molecular complexity index is 186. The maximum atomic E-state index is 11.1. The summed E-state index contributed by atoms with van der Waals surface area (Å²) in [5.41, 5.74) is 0. The van der Waals surface area contributed by atoms with Crippen molar-refractivity contribution in [2.75, 3.05) is 13.2 Å². The van der Waals surface area contributed by atoms with E-state index < -0.39 is 12.1 Å². The summed E-state index contributed by atoms with van der Waals surface area (Å²) in [5, 5.41) is 10.5. The lowest BCUT2D eigenvalue weighted by Crippen LogP contribution is -2.37. The largest absolute Gasteiger partial charge is 0.480 e. The Balaban J connectivity index is 2.23. The van der Waals surface area contributed by atoms with E-state index in [9.17, 15) is 9.59 Å². The first-order valence-electron chi connectivity index (χ1n) is 3.81. The Morgan fingerprint density at radius 2 is 2.33 bits per heavy atom. The quantitative estimate of drug-likeness (QED) is 0.595. The van der Waals surface area contributed by atoms with E-state index >= 15 is 0 Å². The molecule has 1 saturated heterocycles. The Morgan fingerprint density at radius 1 is 1.58 bits per heavy atom. The Kier molecular flexibility index (Phi) is 3.04. The Labute approximate surface area is 69.7 Å². The van der Waals surface area contributed by atoms with Gasteiger partial charge in [-0.25, -0.2) is 0 Å². The molecule has 1 rings (SSSR count). The van der Waals surface area contributed by atoms with Crippen molar-refractivity contribution in [2.45, 2.75) is 18.9 Å². The minimum atomic E-state index is -1.04. The monoisotopic (exact) mass is 173 g/mol. The zero-order chi connectivity index (χ0) is 8.97. The van der Waals surface area contributed by atoms with Crippen LogP contribution >= 0.6 is 0 Å². The highest BCUT2D eigenvalue weighted by atomic mass is 16.5. The van der Waals surface area contributed by atoms with Crippen LogP contribution in [0.25, 0.3) is 0 Å². The molecule has 0 bridgehead atoms. The third kappa shape index (κ3) is 2.50. The first-order valence-corrected chi connectivity index (χ1v) is 3.81. The number of hydrogen-bond acceptors (Lipinski definition) is 3. The maximum absolute atomic E-state index is 11.1. The number of ether oxygens (including phenoxy) is 1. The molecule has 5 nitrogen and oxygen atoms in total. The molecule has 0 aromatic heterocycles. The lowest BCUT2D eigenvalue weighted by Gasteiger charge is -2.07. The number of carbonyl (C=O) groups is 2. The summed E-state index contributed by atoms with van der Waals surface area (Å²) >= 11 is 0. The summed E-state index contributed by atoms with van der Waals surface area (Å²) in [6.07, 6.45) is 1.11. The van der Waals surface area contributed by atoms with Crippen molar-refractivity contribution in [3.63, 3.8) is 0 Å². The normalized spacial score (nSPS) is 22.2. The number of carbonyl (C=O) groups excluding carboxylic acids is 1. The first kappa shape index (κ1) is 8.99. The van der Waals surface area contributed by atoms with Gasteiger partial charge >= 0.3 is 5.97 Å². The molecule has 0 spiro atoms. The van der Waals surface area contributed by atoms with Crippen LogP contribution in [0.4, 0.5) is 0 Å². The van der Waals surface area contributed by atoms with Gasteiger partial charge in [0, 0.05) is 6.61 Å². The molecule has 1 fully saturated rings. The smallest absolute Gasteiger partial charge is 0.322 e. The predicted octanol–water partition coefficient (Wildman–Crippen LogP) is -0.634. The molecule has 68 valence electrons. The van der Waals surface area contributed by atoms with Gasteiger partial charge in [-0.2, -0.15) is 0 Å². The molecule has 1 heterocycles. The van der Waals surface area contributed by atoms with Crippen molar-refractivity contribution < 1.29 is 19.4 Å². The summed E-state index contributed by atoms with van der Waals surface area (Å²) in [5.74, 6) is -1.36. The number of carboxylic acid groups (broad SMARTS) is 1. The number of nitrogens with one attached hydrogen (secondary N) is 1. The number of hydrogen-bond donors (Lipinski definition) is 2. The molecule has 1 aliphatic heterocycles. The highest BCUT2D eigenvalue weighted by Crippen LogP contribution is 2.11. The van der Waals surface area contributed by atoms with Crippen molar-refractivity contribution in [3.05, 3.63) is 0 Å². The molecule has 0 aromatic carbocycles. The summed E-state index contributed by atoms with van der Waals surface area (Å²) in [7, 11) is 0. The van der Waals surface area contributed by atoms with Crippen molar-refractivity contribution in [1.29, 1.82) is 0 Å². The zero-order valence-electron chi connectivity index (χ0n) is 6.58. The number of rotatable bonds is 3. The van der Waals surface area contributed by atoms with Crippen molar-refractivity contribution in [1.82, 2.24) is 5.32 Å². The zero-order valence-corrected chi connectivity index (χ0v) is 6.58.